The molecule has 1 heterocycles. The molecule has 0 saturated heterocycles. The predicted molar refractivity (Wildman–Crippen MR) is 102 cm³/mol. The van der Waals surface area contributed by atoms with Crippen LogP contribution in [-0.2, 0) is 17.1 Å². The average molecular weight is 402 g/mol. The van der Waals surface area contributed by atoms with Crippen molar-refractivity contribution in [2.75, 3.05) is 7.05 Å². The Balaban J connectivity index is 1.96. The number of amides is 1. The summed E-state index contributed by atoms with van der Waals surface area (Å²) >= 11 is 0. The summed E-state index contributed by atoms with van der Waals surface area (Å²) in [5.74, 6) is -0.277. The largest absolute Gasteiger partial charge is 0.355 e. The number of aryl methyl sites for hydroxylation is 1. The van der Waals surface area contributed by atoms with E-state index in [1.807, 2.05) is 0 Å². The molecule has 2 aromatic carbocycles. The van der Waals surface area contributed by atoms with Crippen molar-refractivity contribution in [2.24, 2.45) is 7.05 Å². The van der Waals surface area contributed by atoms with E-state index in [-0.39, 0.29) is 10.8 Å². The zero-order chi connectivity index (χ0) is 20.3. The van der Waals surface area contributed by atoms with Gasteiger partial charge in [0.25, 0.3) is 5.91 Å². The Morgan fingerprint density at radius 1 is 1.11 bits per heavy atom. The molecular formula is C19H19FN4O3S. The predicted octanol–water partition coefficient (Wildman–Crippen LogP) is 1.99. The fraction of sp³-hybridized carbons (Fsp3) is 0.158. The summed E-state index contributed by atoms with van der Waals surface area (Å²) in [4.78, 5) is 15.9. The summed E-state index contributed by atoms with van der Waals surface area (Å²) in [6.45, 7) is 0. The Morgan fingerprint density at radius 3 is 2.29 bits per heavy atom. The number of carbonyl (C=O) groups is 1. The molecule has 0 aliphatic carbocycles. The zero-order valence-corrected chi connectivity index (χ0v) is 16.1. The Bertz CT molecular complexity index is 1080. The van der Waals surface area contributed by atoms with E-state index in [9.17, 15) is 17.6 Å². The number of sulfonamides is 1. The molecular weight excluding hydrogens is 383 g/mol. The van der Waals surface area contributed by atoms with Gasteiger partial charge in [0.2, 0.25) is 10.0 Å². The minimum atomic E-state index is -3.94. The van der Waals surface area contributed by atoms with Gasteiger partial charge in [0, 0.05) is 32.1 Å². The fourth-order valence-electron chi connectivity index (χ4n) is 2.73. The highest BCUT2D eigenvalue weighted by Gasteiger charge is 2.26. The molecule has 1 aromatic heterocycles. The molecule has 0 saturated carbocycles. The van der Waals surface area contributed by atoms with Crippen molar-refractivity contribution >= 4 is 15.9 Å². The first-order valence-corrected chi connectivity index (χ1v) is 9.87. The molecule has 1 amide bonds. The molecule has 3 aromatic rings. The first kappa shape index (κ1) is 19.7. The van der Waals surface area contributed by atoms with E-state index in [1.54, 1.807) is 24.0 Å². The number of nitrogens with zero attached hydrogens (tertiary/aromatic N) is 2. The number of nitrogens with one attached hydrogen (secondary N) is 2. The Kier molecular flexibility index (Phi) is 5.57. The molecule has 0 spiro atoms. The molecule has 1 unspecified atom stereocenters. The van der Waals surface area contributed by atoms with Crippen LogP contribution in [0.15, 0.2) is 65.8 Å². The highest BCUT2D eigenvalue weighted by atomic mass is 32.2. The van der Waals surface area contributed by atoms with Crippen molar-refractivity contribution in [3.05, 3.63) is 83.7 Å². The number of carbonyl (C=O) groups excluding carboxylic acids is 1. The third-order valence-electron chi connectivity index (χ3n) is 4.25. The van der Waals surface area contributed by atoms with Gasteiger partial charge in [-0.05, 0) is 42.0 Å². The molecule has 9 heteroatoms. The lowest BCUT2D eigenvalue weighted by Gasteiger charge is -2.19. The summed E-state index contributed by atoms with van der Waals surface area (Å²) in [6, 6.07) is 10.3. The van der Waals surface area contributed by atoms with Crippen molar-refractivity contribution in [3.8, 4) is 0 Å². The van der Waals surface area contributed by atoms with E-state index in [1.165, 1.54) is 55.6 Å². The maximum atomic E-state index is 13.3. The van der Waals surface area contributed by atoms with E-state index < -0.39 is 21.9 Å². The van der Waals surface area contributed by atoms with Crippen LogP contribution in [0.4, 0.5) is 4.39 Å². The van der Waals surface area contributed by atoms with Gasteiger partial charge >= 0.3 is 0 Å². The molecule has 2 N–H and O–H groups in total. The lowest BCUT2D eigenvalue weighted by molar-refractivity contribution is 0.0963. The zero-order valence-electron chi connectivity index (χ0n) is 15.3. The van der Waals surface area contributed by atoms with E-state index in [2.05, 4.69) is 15.0 Å². The van der Waals surface area contributed by atoms with Crippen molar-refractivity contribution in [2.45, 2.75) is 10.9 Å². The molecule has 0 fully saturated rings. The topological polar surface area (TPSA) is 93.1 Å². The van der Waals surface area contributed by atoms with Crippen LogP contribution in [0.2, 0.25) is 0 Å². The number of imidazole rings is 1. The van der Waals surface area contributed by atoms with Gasteiger partial charge in [0.05, 0.1) is 4.90 Å². The van der Waals surface area contributed by atoms with E-state index in [4.69, 9.17) is 0 Å². The molecule has 146 valence electrons. The minimum Gasteiger partial charge on any atom is -0.355 e. The second-order valence-electron chi connectivity index (χ2n) is 6.11. The van der Waals surface area contributed by atoms with Crippen molar-refractivity contribution in [3.63, 3.8) is 0 Å². The average Bonchev–Trinajstić information content (AvgIpc) is 3.12. The maximum Gasteiger partial charge on any atom is 0.251 e. The summed E-state index contributed by atoms with van der Waals surface area (Å²) in [5.41, 5.74) is 0.891. The quantitative estimate of drug-likeness (QED) is 0.659. The van der Waals surface area contributed by atoms with E-state index >= 15 is 0 Å². The van der Waals surface area contributed by atoms with Crippen LogP contribution in [0.5, 0.6) is 0 Å². The summed E-state index contributed by atoms with van der Waals surface area (Å²) in [7, 11) is -0.702. The first-order chi connectivity index (χ1) is 13.3. The molecule has 3 rings (SSSR count). The fourth-order valence-corrected chi connectivity index (χ4v) is 3.92. The maximum absolute atomic E-state index is 13.3. The third kappa shape index (κ3) is 4.10. The lowest BCUT2D eigenvalue weighted by Crippen LogP contribution is -2.31. The van der Waals surface area contributed by atoms with Crippen molar-refractivity contribution in [1.82, 2.24) is 19.6 Å². The van der Waals surface area contributed by atoms with Gasteiger partial charge in [-0.15, -0.1) is 0 Å². The number of rotatable bonds is 6. The number of hydrogen-bond acceptors (Lipinski definition) is 4. The van der Waals surface area contributed by atoms with Gasteiger partial charge in [-0.2, -0.15) is 4.72 Å². The molecule has 0 aliphatic rings. The van der Waals surface area contributed by atoms with Gasteiger partial charge in [-0.3, -0.25) is 4.79 Å². The normalized spacial score (nSPS) is 12.5. The van der Waals surface area contributed by atoms with Crippen LogP contribution in [0.25, 0.3) is 0 Å². The van der Waals surface area contributed by atoms with Crippen molar-refractivity contribution < 1.29 is 17.6 Å². The van der Waals surface area contributed by atoms with Gasteiger partial charge in [-0.1, -0.05) is 12.1 Å². The highest BCUT2D eigenvalue weighted by molar-refractivity contribution is 7.89. The standard InChI is InChI=1S/C19H19FN4O3S/c1-21-19(25)14-5-9-16(10-6-14)28(26,27)23-17(18-22-11-12-24(18)2)13-3-7-15(20)8-4-13/h3-12,17,23H,1-2H3,(H,21,25). The lowest BCUT2D eigenvalue weighted by atomic mass is 10.1. The van der Waals surface area contributed by atoms with Crippen LogP contribution in [-0.4, -0.2) is 30.9 Å². The Labute approximate surface area is 162 Å². The van der Waals surface area contributed by atoms with Gasteiger partial charge in [0.15, 0.2) is 0 Å². The summed E-state index contributed by atoms with van der Waals surface area (Å²) in [6.07, 6.45) is 3.25. The number of halogens is 1. The summed E-state index contributed by atoms with van der Waals surface area (Å²) < 4.78 is 43.5. The highest BCUT2D eigenvalue weighted by Crippen LogP contribution is 2.24. The molecule has 7 nitrogen and oxygen atoms in total. The second kappa shape index (κ2) is 7.91. The first-order valence-electron chi connectivity index (χ1n) is 8.39. The molecule has 0 aliphatic heterocycles. The number of benzene rings is 2. The monoisotopic (exact) mass is 402 g/mol. The molecule has 28 heavy (non-hydrogen) atoms. The molecule has 0 bridgehead atoms. The van der Waals surface area contributed by atoms with Crippen LogP contribution in [0.3, 0.4) is 0 Å². The van der Waals surface area contributed by atoms with Crippen LogP contribution in [0, 0.1) is 5.82 Å². The smallest absolute Gasteiger partial charge is 0.251 e. The van der Waals surface area contributed by atoms with Crippen LogP contribution >= 0.6 is 0 Å². The van der Waals surface area contributed by atoms with Crippen LogP contribution < -0.4 is 10.0 Å². The van der Waals surface area contributed by atoms with Crippen molar-refractivity contribution in [1.29, 1.82) is 0 Å². The van der Waals surface area contributed by atoms with E-state index in [0.717, 1.165) is 0 Å². The number of hydrogen-bond donors (Lipinski definition) is 2. The molecule has 0 radical (unpaired) electrons. The van der Waals surface area contributed by atoms with E-state index in [0.29, 0.717) is 17.0 Å². The van der Waals surface area contributed by atoms with Gasteiger partial charge in [0.1, 0.15) is 17.7 Å². The SMILES string of the molecule is CNC(=O)c1ccc(S(=O)(=O)NC(c2ccc(F)cc2)c2nccn2C)cc1. The Hall–Kier alpha value is -3.04. The van der Waals surface area contributed by atoms with Crippen LogP contribution in [0.1, 0.15) is 27.8 Å². The minimum absolute atomic E-state index is 0.00136. The molecule has 1 atom stereocenters. The number of aromatic nitrogens is 2. The van der Waals surface area contributed by atoms with Gasteiger partial charge < -0.3 is 9.88 Å². The Morgan fingerprint density at radius 2 is 1.75 bits per heavy atom. The second-order valence-corrected chi connectivity index (χ2v) is 7.82. The third-order valence-corrected chi connectivity index (χ3v) is 5.69. The summed E-state index contributed by atoms with van der Waals surface area (Å²) in [5, 5.41) is 2.48. The van der Waals surface area contributed by atoms with Gasteiger partial charge in [-0.25, -0.2) is 17.8 Å².